The maximum atomic E-state index is 8.58. The minimum Gasteiger partial charge on any atom is -0.192 e. The molecule has 0 radical (unpaired) electrons. The fraction of sp³-hybridized carbons (Fsp3) is 0.167. The van der Waals surface area contributed by atoms with E-state index in [0.29, 0.717) is 0 Å². The quantitative estimate of drug-likeness (QED) is 0.573. The van der Waals surface area contributed by atoms with Crippen LogP contribution in [0.3, 0.4) is 0 Å². The zero-order valence-electron chi connectivity index (χ0n) is 8.40. The molecule has 0 aliphatic carbocycles. The molecule has 0 fully saturated rings. The molecule has 0 bridgehead atoms. The Bertz CT molecular complexity index is 416. The second kappa shape index (κ2) is 5.90. The Balaban J connectivity index is 2.87. The van der Waals surface area contributed by atoms with Crippen molar-refractivity contribution in [2.75, 3.05) is 5.75 Å². The van der Waals surface area contributed by atoms with Crippen molar-refractivity contribution in [3.63, 3.8) is 0 Å². The van der Waals surface area contributed by atoms with Gasteiger partial charge in [0.1, 0.15) is 17.7 Å². The molecule has 0 amide bonds. The van der Waals surface area contributed by atoms with Gasteiger partial charge in [0.05, 0.1) is 0 Å². The summed E-state index contributed by atoms with van der Waals surface area (Å²) in [6, 6.07) is 11.5. The first-order chi connectivity index (χ1) is 7.30. The van der Waals surface area contributed by atoms with Crippen LogP contribution >= 0.6 is 11.8 Å². The van der Waals surface area contributed by atoms with Crippen molar-refractivity contribution in [1.29, 1.82) is 10.5 Å². The van der Waals surface area contributed by atoms with Gasteiger partial charge in [0.15, 0.2) is 0 Å². The van der Waals surface area contributed by atoms with Gasteiger partial charge in [0.25, 0.3) is 0 Å². The molecule has 0 aliphatic rings. The number of thioether (sulfide) groups is 1. The summed E-state index contributed by atoms with van der Waals surface area (Å²) in [6.45, 7) is 2.10. The first-order valence-electron chi connectivity index (χ1n) is 4.55. The molecule has 15 heavy (non-hydrogen) atoms. The third-order valence-electron chi connectivity index (χ3n) is 1.74. The van der Waals surface area contributed by atoms with Crippen molar-refractivity contribution in [3.8, 4) is 12.1 Å². The molecule has 0 saturated carbocycles. The summed E-state index contributed by atoms with van der Waals surface area (Å²) >= 11 is 1.76. The van der Waals surface area contributed by atoms with Gasteiger partial charge in [-0.15, -0.1) is 11.8 Å². The van der Waals surface area contributed by atoms with E-state index in [1.807, 2.05) is 36.4 Å². The molecule has 0 N–H and O–H groups in total. The van der Waals surface area contributed by atoms with Crippen molar-refractivity contribution >= 4 is 17.8 Å². The van der Waals surface area contributed by atoms with Crippen molar-refractivity contribution in [2.45, 2.75) is 11.8 Å². The van der Waals surface area contributed by atoms with E-state index in [2.05, 4.69) is 6.92 Å². The van der Waals surface area contributed by atoms with E-state index >= 15 is 0 Å². The fourth-order valence-electron chi connectivity index (χ4n) is 1.08. The fourth-order valence-corrected chi connectivity index (χ4v) is 1.75. The van der Waals surface area contributed by atoms with E-state index in [1.165, 1.54) is 4.90 Å². The lowest BCUT2D eigenvalue weighted by Crippen LogP contribution is -1.77. The van der Waals surface area contributed by atoms with E-state index < -0.39 is 0 Å². The number of benzene rings is 1. The molecule has 0 aromatic heterocycles. The molecular formula is C12H10N2S. The highest BCUT2D eigenvalue weighted by Crippen LogP contribution is 2.18. The zero-order valence-corrected chi connectivity index (χ0v) is 9.21. The molecule has 0 atom stereocenters. The van der Waals surface area contributed by atoms with Crippen LogP contribution < -0.4 is 0 Å². The molecule has 74 valence electrons. The van der Waals surface area contributed by atoms with E-state index in [9.17, 15) is 0 Å². The van der Waals surface area contributed by atoms with Gasteiger partial charge in [-0.05, 0) is 29.5 Å². The topological polar surface area (TPSA) is 47.6 Å². The lowest BCUT2D eigenvalue weighted by molar-refractivity contribution is 1.42. The van der Waals surface area contributed by atoms with Crippen LogP contribution in [0.15, 0.2) is 34.7 Å². The van der Waals surface area contributed by atoms with Gasteiger partial charge in [-0.3, -0.25) is 0 Å². The molecular weight excluding hydrogens is 204 g/mol. The van der Waals surface area contributed by atoms with Crippen LogP contribution in [0.5, 0.6) is 0 Å². The van der Waals surface area contributed by atoms with E-state index in [1.54, 1.807) is 17.8 Å². The minimum absolute atomic E-state index is 0.130. The Morgan fingerprint density at radius 3 is 2.33 bits per heavy atom. The van der Waals surface area contributed by atoms with Crippen molar-refractivity contribution < 1.29 is 0 Å². The molecule has 1 aromatic rings. The molecule has 3 heteroatoms. The third-order valence-corrected chi connectivity index (χ3v) is 2.64. The lowest BCUT2D eigenvalue weighted by Gasteiger charge is -1.98. The highest BCUT2D eigenvalue weighted by molar-refractivity contribution is 7.99. The van der Waals surface area contributed by atoms with Crippen molar-refractivity contribution in [2.24, 2.45) is 0 Å². The smallest absolute Gasteiger partial charge is 0.130 e. The SMILES string of the molecule is CCSc1ccc(C=C(C#N)C#N)cc1. The summed E-state index contributed by atoms with van der Waals surface area (Å²) in [7, 11) is 0. The highest BCUT2D eigenvalue weighted by Gasteiger charge is 1.95. The van der Waals surface area contributed by atoms with E-state index in [-0.39, 0.29) is 5.57 Å². The van der Waals surface area contributed by atoms with Crippen LogP contribution in [0.1, 0.15) is 12.5 Å². The van der Waals surface area contributed by atoms with Crippen LogP contribution in [0.25, 0.3) is 6.08 Å². The standard InChI is InChI=1S/C12H10N2S/c1-2-15-12-5-3-10(4-6-12)7-11(8-13)9-14/h3-7H,2H2,1H3. The van der Waals surface area contributed by atoms with Crippen LogP contribution in [0.2, 0.25) is 0 Å². The van der Waals surface area contributed by atoms with Gasteiger partial charge >= 0.3 is 0 Å². The summed E-state index contributed by atoms with van der Waals surface area (Å²) in [6.07, 6.45) is 1.58. The first-order valence-corrected chi connectivity index (χ1v) is 5.53. The van der Waals surface area contributed by atoms with Crippen molar-refractivity contribution in [1.82, 2.24) is 0 Å². The summed E-state index contributed by atoms with van der Waals surface area (Å²) in [4.78, 5) is 1.20. The second-order valence-electron chi connectivity index (χ2n) is 2.78. The lowest BCUT2D eigenvalue weighted by atomic mass is 10.1. The highest BCUT2D eigenvalue weighted by atomic mass is 32.2. The second-order valence-corrected chi connectivity index (χ2v) is 4.12. The van der Waals surface area contributed by atoms with Gasteiger partial charge in [-0.25, -0.2) is 0 Å². The van der Waals surface area contributed by atoms with Gasteiger partial charge in [-0.2, -0.15) is 10.5 Å². The largest absolute Gasteiger partial charge is 0.192 e. The molecule has 2 nitrogen and oxygen atoms in total. The monoisotopic (exact) mass is 214 g/mol. The molecule has 0 unspecified atom stereocenters. The third kappa shape index (κ3) is 3.50. The summed E-state index contributed by atoms with van der Waals surface area (Å²) in [5.74, 6) is 1.04. The van der Waals surface area contributed by atoms with Crippen LogP contribution in [0.4, 0.5) is 0 Å². The van der Waals surface area contributed by atoms with Gasteiger partial charge < -0.3 is 0 Å². The van der Waals surface area contributed by atoms with E-state index in [0.717, 1.165) is 11.3 Å². The molecule has 0 saturated heterocycles. The Morgan fingerprint density at radius 2 is 1.87 bits per heavy atom. The molecule has 1 aromatic carbocycles. The number of hydrogen-bond donors (Lipinski definition) is 0. The van der Waals surface area contributed by atoms with Crippen LogP contribution in [-0.2, 0) is 0 Å². The summed E-state index contributed by atoms with van der Waals surface area (Å²) < 4.78 is 0. The average molecular weight is 214 g/mol. The summed E-state index contributed by atoms with van der Waals surface area (Å²) in [5, 5.41) is 17.2. The van der Waals surface area contributed by atoms with Crippen LogP contribution in [-0.4, -0.2) is 5.75 Å². The first kappa shape index (κ1) is 11.4. The molecule has 0 aliphatic heterocycles. The van der Waals surface area contributed by atoms with Crippen molar-refractivity contribution in [3.05, 3.63) is 35.4 Å². The number of nitrogens with zero attached hydrogens (tertiary/aromatic N) is 2. The molecule has 0 spiro atoms. The Hall–Kier alpha value is -1.71. The number of nitriles is 2. The van der Waals surface area contributed by atoms with Gasteiger partial charge in [-0.1, -0.05) is 19.1 Å². The Morgan fingerprint density at radius 1 is 1.27 bits per heavy atom. The Labute approximate surface area is 93.8 Å². The predicted octanol–water partition coefficient (Wildman–Crippen LogP) is 3.23. The maximum Gasteiger partial charge on any atom is 0.130 e. The van der Waals surface area contributed by atoms with E-state index in [4.69, 9.17) is 10.5 Å². The average Bonchev–Trinajstić information content (AvgIpc) is 2.28. The predicted molar refractivity (Wildman–Crippen MR) is 62.0 cm³/mol. The normalized spacial score (nSPS) is 8.73. The molecule has 1 rings (SSSR count). The minimum atomic E-state index is 0.130. The number of allylic oxidation sites excluding steroid dienone is 1. The molecule has 0 heterocycles. The van der Waals surface area contributed by atoms with Gasteiger partial charge in [0.2, 0.25) is 0 Å². The zero-order chi connectivity index (χ0) is 11.1. The maximum absolute atomic E-state index is 8.58. The number of hydrogen-bond acceptors (Lipinski definition) is 3. The van der Waals surface area contributed by atoms with Crippen LogP contribution in [0, 0.1) is 22.7 Å². The summed E-state index contributed by atoms with van der Waals surface area (Å²) in [5.41, 5.74) is 1.01. The Kier molecular flexibility index (Phi) is 4.47. The number of rotatable bonds is 3. The van der Waals surface area contributed by atoms with Gasteiger partial charge in [0, 0.05) is 4.90 Å².